The summed E-state index contributed by atoms with van der Waals surface area (Å²) in [6, 6.07) is 58.6. The molecule has 1 aliphatic carbocycles. The highest BCUT2D eigenvalue weighted by Crippen LogP contribution is 2.48. The fourth-order valence-electron chi connectivity index (χ4n) is 9.51. The van der Waals surface area contributed by atoms with Gasteiger partial charge in [0.1, 0.15) is 34.5 Å². The van der Waals surface area contributed by atoms with Gasteiger partial charge in [0.2, 0.25) is 0 Å². The van der Waals surface area contributed by atoms with Crippen molar-refractivity contribution < 1.29 is 14.2 Å². The number of rotatable bonds is 5. The smallest absolute Gasteiger partial charge is 0.270 e. The predicted octanol–water partition coefficient (Wildman–Crippen LogP) is 10.6. The summed E-state index contributed by atoms with van der Waals surface area (Å²) < 4.78 is 19.8. The number of fused-ring (bicyclic) bond motifs is 3. The van der Waals surface area contributed by atoms with Crippen LogP contribution in [0.3, 0.4) is 0 Å². The minimum Gasteiger partial charge on any atom is -0.458 e. The van der Waals surface area contributed by atoms with E-state index < -0.39 is 0 Å². The van der Waals surface area contributed by atoms with E-state index in [4.69, 9.17) is 29.2 Å². The maximum Gasteiger partial charge on any atom is 0.270 e. The summed E-state index contributed by atoms with van der Waals surface area (Å²) in [5.74, 6) is 6.90. The van der Waals surface area contributed by atoms with E-state index in [0.29, 0.717) is 17.5 Å². The van der Waals surface area contributed by atoms with Crippen molar-refractivity contribution in [2.24, 2.45) is 0 Å². The van der Waals surface area contributed by atoms with Crippen LogP contribution in [0.1, 0.15) is 11.1 Å². The first kappa shape index (κ1) is 32.3. The first-order valence-corrected chi connectivity index (χ1v) is 19.9. The molecule has 9 aromatic rings. The Morgan fingerprint density at radius 1 is 0.322 bits per heavy atom. The lowest BCUT2D eigenvalue weighted by atomic mass is 9.34. The van der Waals surface area contributed by atoms with Gasteiger partial charge in [0.05, 0.1) is 0 Å². The van der Waals surface area contributed by atoms with Crippen molar-refractivity contribution in [3.63, 3.8) is 0 Å². The molecule has 8 aromatic carbocycles. The molecule has 1 aromatic heterocycles. The second kappa shape index (κ2) is 12.4. The Balaban J connectivity index is 0.899. The largest absolute Gasteiger partial charge is 0.458 e. The van der Waals surface area contributed by atoms with Crippen molar-refractivity contribution in [1.82, 2.24) is 15.0 Å². The van der Waals surface area contributed by atoms with Crippen LogP contribution in [-0.4, -0.2) is 21.7 Å². The van der Waals surface area contributed by atoms with Gasteiger partial charge in [0.25, 0.3) is 6.71 Å². The summed E-state index contributed by atoms with van der Waals surface area (Å²) in [7, 11) is 0. The highest BCUT2D eigenvalue weighted by atomic mass is 16.5. The van der Waals surface area contributed by atoms with Gasteiger partial charge >= 0.3 is 0 Å². The second-order valence-electron chi connectivity index (χ2n) is 15.4. The van der Waals surface area contributed by atoms with Gasteiger partial charge in [0, 0.05) is 33.1 Å². The van der Waals surface area contributed by atoms with Crippen molar-refractivity contribution in [3.8, 4) is 102 Å². The van der Waals surface area contributed by atoms with Gasteiger partial charge in [-0.3, -0.25) is 0 Å². The predicted molar refractivity (Wildman–Crippen MR) is 233 cm³/mol. The minimum atomic E-state index is -0.0147. The first-order valence-electron chi connectivity index (χ1n) is 19.9. The molecule has 6 nitrogen and oxygen atoms in total. The number of ether oxygens (including phenoxy) is 3. The molecule has 0 saturated carbocycles. The van der Waals surface area contributed by atoms with E-state index >= 15 is 0 Å². The van der Waals surface area contributed by atoms with Crippen molar-refractivity contribution in [2.75, 3.05) is 0 Å². The van der Waals surface area contributed by atoms with E-state index in [-0.39, 0.29) is 6.71 Å². The van der Waals surface area contributed by atoms with Crippen LogP contribution in [0.25, 0.3) is 67.5 Å². The molecule has 4 aliphatic rings. The van der Waals surface area contributed by atoms with E-state index in [1.54, 1.807) is 0 Å². The molecule has 0 saturated heterocycles. The quantitative estimate of drug-likeness (QED) is 0.163. The van der Waals surface area contributed by atoms with E-state index in [0.717, 1.165) is 85.1 Å². The molecule has 0 bridgehead atoms. The molecule has 0 atom stereocenters. The monoisotopic (exact) mass is 755 g/mol. The fourth-order valence-corrected chi connectivity index (χ4v) is 9.51. The molecule has 0 fully saturated rings. The average molecular weight is 756 g/mol. The Bertz CT molecular complexity index is 3110. The summed E-state index contributed by atoms with van der Waals surface area (Å²) in [4.78, 5) is 14.9. The summed E-state index contributed by atoms with van der Waals surface area (Å²) in [6.45, 7) is -0.0147. The lowest BCUT2D eigenvalue weighted by Crippen LogP contribution is -2.59. The van der Waals surface area contributed by atoms with E-state index in [1.807, 2.05) is 97.1 Å². The van der Waals surface area contributed by atoms with Gasteiger partial charge < -0.3 is 14.2 Å². The Hall–Kier alpha value is -7.77. The zero-order valence-corrected chi connectivity index (χ0v) is 31.5. The van der Waals surface area contributed by atoms with Gasteiger partial charge in [-0.25, -0.2) is 15.0 Å². The number of hydrogen-bond acceptors (Lipinski definition) is 6. The molecular weight excluding hydrogens is 725 g/mol. The first-order chi connectivity index (χ1) is 29.2. The van der Waals surface area contributed by atoms with Crippen molar-refractivity contribution >= 4 is 23.1 Å². The molecule has 0 spiro atoms. The van der Waals surface area contributed by atoms with Crippen molar-refractivity contribution in [2.45, 2.75) is 6.42 Å². The van der Waals surface area contributed by atoms with Crippen LogP contribution in [0.4, 0.5) is 0 Å². The Morgan fingerprint density at radius 2 is 0.712 bits per heavy atom. The van der Waals surface area contributed by atoms with Crippen LogP contribution in [0, 0.1) is 0 Å². The van der Waals surface area contributed by atoms with Crippen molar-refractivity contribution in [3.05, 3.63) is 181 Å². The molecular formula is C52H30BN3O3. The Kier molecular flexibility index (Phi) is 6.78. The van der Waals surface area contributed by atoms with Gasteiger partial charge in [-0.15, -0.1) is 0 Å². The van der Waals surface area contributed by atoms with Crippen LogP contribution < -0.4 is 30.6 Å². The van der Waals surface area contributed by atoms with Gasteiger partial charge in [-0.1, -0.05) is 127 Å². The normalized spacial score (nSPS) is 13.1. The third-order valence-corrected chi connectivity index (χ3v) is 12.1. The lowest BCUT2D eigenvalue weighted by molar-refractivity contribution is 0.443. The second-order valence-corrected chi connectivity index (χ2v) is 15.4. The summed E-state index contributed by atoms with van der Waals surface area (Å²) in [6.07, 6.45) is 0.787. The number of nitrogens with zero attached hydrogens (tertiary/aromatic N) is 3. The maximum absolute atomic E-state index is 6.71. The molecule has 7 heteroatoms. The summed E-state index contributed by atoms with van der Waals surface area (Å²) in [5, 5.41) is 0. The maximum atomic E-state index is 6.71. The van der Waals surface area contributed by atoms with E-state index in [1.165, 1.54) is 33.4 Å². The minimum absolute atomic E-state index is 0.0147. The van der Waals surface area contributed by atoms with Gasteiger partial charge in [0.15, 0.2) is 17.5 Å². The van der Waals surface area contributed by atoms with Crippen LogP contribution in [0.2, 0.25) is 0 Å². The number of benzene rings is 8. The van der Waals surface area contributed by atoms with Crippen LogP contribution in [-0.2, 0) is 6.42 Å². The van der Waals surface area contributed by atoms with Crippen LogP contribution >= 0.6 is 0 Å². The molecule has 13 rings (SSSR count). The topological polar surface area (TPSA) is 66.4 Å². The molecule has 3 aliphatic heterocycles. The third-order valence-electron chi connectivity index (χ3n) is 12.1. The molecule has 0 N–H and O–H groups in total. The Morgan fingerprint density at radius 3 is 1.25 bits per heavy atom. The molecule has 4 heterocycles. The highest BCUT2D eigenvalue weighted by Gasteiger charge is 2.46. The Labute approximate surface area is 340 Å². The average Bonchev–Trinajstić information content (AvgIpc) is 3.69. The van der Waals surface area contributed by atoms with Gasteiger partial charge in [-0.05, 0) is 93.4 Å². The fraction of sp³-hybridized carbons (Fsp3) is 0.0192. The zero-order valence-electron chi connectivity index (χ0n) is 31.5. The molecule has 274 valence electrons. The molecule has 0 radical (unpaired) electrons. The van der Waals surface area contributed by atoms with E-state index in [9.17, 15) is 0 Å². The lowest BCUT2D eigenvalue weighted by Gasteiger charge is -2.37. The molecule has 0 amide bonds. The number of hydrogen-bond donors (Lipinski definition) is 0. The molecule has 59 heavy (non-hydrogen) atoms. The van der Waals surface area contributed by atoms with Crippen LogP contribution in [0.5, 0.6) is 34.5 Å². The summed E-state index contributed by atoms with van der Waals surface area (Å²) >= 11 is 0. The van der Waals surface area contributed by atoms with Crippen LogP contribution in [0.15, 0.2) is 170 Å². The summed E-state index contributed by atoms with van der Waals surface area (Å²) in [5.41, 5.74) is 15.6. The standard InChI is InChI=1S/C52H30BN3O3/c1-3-12-30(13-4-1)50-54-51(31-14-5-2-6-15-31)56-52(55-50)33-17-7-16-32(26-33)35-18-8-20-37-38-21-9-19-36(40(38)29-39(35)37)34-27-45-49-46(28-34)59-44-25-11-23-42-48(44)53(49)47-41(57-42)22-10-24-43(47)58-45/h1-28H,29H2. The highest BCUT2D eigenvalue weighted by molar-refractivity contribution is 6.99. The number of aromatic nitrogens is 3. The SMILES string of the molecule is c1ccc(-c2nc(-c3ccccc3)nc(-c3cccc(-c4cccc5c4Cc4c(-c6cc7c8c(c6)Oc6cccc9c6B8c6c(cccc6O7)O9)cccc4-5)c3)n2)cc1. The van der Waals surface area contributed by atoms with Crippen molar-refractivity contribution in [1.29, 1.82) is 0 Å². The van der Waals surface area contributed by atoms with E-state index in [2.05, 4.69) is 72.8 Å². The van der Waals surface area contributed by atoms with Gasteiger partial charge in [-0.2, -0.15) is 0 Å². The third kappa shape index (κ3) is 4.91. The molecule has 0 unspecified atom stereocenters. The zero-order chi connectivity index (χ0) is 38.6.